The van der Waals surface area contributed by atoms with E-state index >= 15 is 0 Å². The zero-order chi connectivity index (χ0) is 19.0. The van der Waals surface area contributed by atoms with Crippen LogP contribution in [0.1, 0.15) is 22.7 Å². The minimum atomic E-state index is -0.116. The molecule has 3 heterocycles. The van der Waals surface area contributed by atoms with E-state index in [1.165, 1.54) is 0 Å². The Morgan fingerprint density at radius 2 is 2.07 bits per heavy atom. The van der Waals surface area contributed by atoms with Gasteiger partial charge in [-0.3, -0.25) is 9.20 Å². The van der Waals surface area contributed by atoms with Gasteiger partial charge in [-0.2, -0.15) is 0 Å². The van der Waals surface area contributed by atoms with Gasteiger partial charge in [0.2, 0.25) is 11.7 Å². The first-order valence-corrected chi connectivity index (χ1v) is 8.64. The highest BCUT2D eigenvalue weighted by Gasteiger charge is 2.15. The SMILES string of the molecule is Cc1noc(C)c1CC(=O)Nc1cccc(-c2nc3ncccn3c2C)c1. The zero-order valence-electron chi connectivity index (χ0n) is 15.4. The van der Waals surface area contributed by atoms with Crippen molar-refractivity contribution in [2.45, 2.75) is 27.2 Å². The van der Waals surface area contributed by atoms with Gasteiger partial charge in [-0.1, -0.05) is 17.3 Å². The Bertz CT molecular complexity index is 1120. The molecule has 0 aliphatic heterocycles. The molecule has 0 radical (unpaired) electrons. The van der Waals surface area contributed by atoms with Crippen LogP contribution in [0.5, 0.6) is 0 Å². The highest BCUT2D eigenvalue weighted by atomic mass is 16.5. The molecule has 0 spiro atoms. The van der Waals surface area contributed by atoms with Crippen molar-refractivity contribution in [3.63, 3.8) is 0 Å². The predicted octanol–water partition coefficient (Wildman–Crippen LogP) is 3.49. The normalized spacial score (nSPS) is 11.1. The third-order valence-corrected chi connectivity index (χ3v) is 4.58. The van der Waals surface area contributed by atoms with Gasteiger partial charge in [0.1, 0.15) is 5.76 Å². The molecule has 1 N–H and O–H groups in total. The summed E-state index contributed by atoms with van der Waals surface area (Å²) in [5, 5.41) is 6.83. The fraction of sp³-hybridized carbons (Fsp3) is 0.200. The summed E-state index contributed by atoms with van der Waals surface area (Å²) in [6.07, 6.45) is 3.88. The zero-order valence-corrected chi connectivity index (χ0v) is 15.4. The van der Waals surface area contributed by atoms with E-state index < -0.39 is 0 Å². The van der Waals surface area contributed by atoms with Crippen molar-refractivity contribution in [1.82, 2.24) is 19.5 Å². The third-order valence-electron chi connectivity index (χ3n) is 4.58. The number of aryl methyl sites for hydroxylation is 3. The maximum absolute atomic E-state index is 12.4. The van der Waals surface area contributed by atoms with Crippen molar-refractivity contribution in [2.75, 3.05) is 5.32 Å². The monoisotopic (exact) mass is 361 g/mol. The number of carbonyl (C=O) groups excluding carboxylic acids is 1. The second-order valence-electron chi connectivity index (χ2n) is 6.44. The van der Waals surface area contributed by atoms with E-state index in [-0.39, 0.29) is 12.3 Å². The summed E-state index contributed by atoms with van der Waals surface area (Å²) in [5.74, 6) is 1.21. The van der Waals surface area contributed by atoms with E-state index in [0.29, 0.717) is 17.2 Å². The number of anilines is 1. The minimum Gasteiger partial charge on any atom is -0.361 e. The molecule has 27 heavy (non-hydrogen) atoms. The predicted molar refractivity (Wildman–Crippen MR) is 101 cm³/mol. The van der Waals surface area contributed by atoms with Crippen LogP contribution in [0.15, 0.2) is 47.2 Å². The molecule has 0 atom stereocenters. The van der Waals surface area contributed by atoms with Crippen LogP contribution in [0, 0.1) is 20.8 Å². The molecular weight excluding hydrogens is 342 g/mol. The third kappa shape index (κ3) is 3.19. The summed E-state index contributed by atoms with van der Waals surface area (Å²) in [6.45, 7) is 5.64. The topological polar surface area (TPSA) is 85.3 Å². The first-order valence-electron chi connectivity index (χ1n) is 8.64. The van der Waals surface area contributed by atoms with E-state index in [1.54, 1.807) is 6.20 Å². The van der Waals surface area contributed by atoms with Gasteiger partial charge in [0.05, 0.1) is 17.8 Å². The number of imidazole rings is 1. The van der Waals surface area contributed by atoms with Gasteiger partial charge in [0.25, 0.3) is 0 Å². The molecule has 136 valence electrons. The Labute approximate surface area is 156 Å². The van der Waals surface area contributed by atoms with Gasteiger partial charge in [-0.15, -0.1) is 0 Å². The minimum absolute atomic E-state index is 0.116. The number of rotatable bonds is 4. The lowest BCUT2D eigenvalue weighted by molar-refractivity contribution is -0.115. The van der Waals surface area contributed by atoms with E-state index in [4.69, 9.17) is 4.52 Å². The van der Waals surface area contributed by atoms with Crippen LogP contribution in [0.2, 0.25) is 0 Å². The molecule has 1 aromatic carbocycles. The average molecular weight is 361 g/mol. The lowest BCUT2D eigenvalue weighted by Crippen LogP contribution is -2.15. The van der Waals surface area contributed by atoms with Gasteiger partial charge in [0, 0.05) is 34.9 Å². The molecule has 0 unspecified atom stereocenters. The molecule has 4 rings (SSSR count). The van der Waals surface area contributed by atoms with E-state index in [0.717, 1.165) is 28.2 Å². The Balaban J connectivity index is 1.59. The summed E-state index contributed by atoms with van der Waals surface area (Å²) < 4.78 is 7.06. The molecule has 3 aromatic heterocycles. The molecule has 0 bridgehead atoms. The number of benzene rings is 1. The van der Waals surface area contributed by atoms with Gasteiger partial charge in [-0.25, -0.2) is 9.97 Å². The van der Waals surface area contributed by atoms with E-state index in [9.17, 15) is 4.79 Å². The number of hydrogen-bond acceptors (Lipinski definition) is 5. The molecule has 4 aromatic rings. The molecule has 7 nitrogen and oxygen atoms in total. The second-order valence-corrected chi connectivity index (χ2v) is 6.44. The second kappa shape index (κ2) is 6.68. The van der Waals surface area contributed by atoms with Crippen LogP contribution in [0.3, 0.4) is 0 Å². The van der Waals surface area contributed by atoms with Crippen molar-refractivity contribution >= 4 is 17.4 Å². The quantitative estimate of drug-likeness (QED) is 0.601. The lowest BCUT2D eigenvalue weighted by Gasteiger charge is -2.07. The van der Waals surface area contributed by atoms with Gasteiger partial charge in [-0.05, 0) is 39.0 Å². The van der Waals surface area contributed by atoms with Crippen LogP contribution in [0.25, 0.3) is 17.0 Å². The Morgan fingerprint density at radius 1 is 1.22 bits per heavy atom. The summed E-state index contributed by atoms with van der Waals surface area (Å²) in [4.78, 5) is 21.3. The maximum Gasteiger partial charge on any atom is 0.234 e. The van der Waals surface area contributed by atoms with Crippen LogP contribution in [-0.2, 0) is 11.2 Å². The average Bonchev–Trinajstić information content (AvgIpc) is 3.16. The van der Waals surface area contributed by atoms with Crippen LogP contribution in [-0.4, -0.2) is 25.4 Å². The first-order chi connectivity index (χ1) is 13.0. The number of aromatic nitrogens is 4. The first kappa shape index (κ1) is 17.0. The summed E-state index contributed by atoms with van der Waals surface area (Å²) in [6, 6.07) is 9.52. The molecule has 0 aliphatic carbocycles. The number of nitrogens with zero attached hydrogens (tertiary/aromatic N) is 4. The van der Waals surface area contributed by atoms with E-state index in [2.05, 4.69) is 20.4 Å². The van der Waals surface area contributed by atoms with Crippen LogP contribution in [0.4, 0.5) is 5.69 Å². The van der Waals surface area contributed by atoms with Gasteiger partial charge >= 0.3 is 0 Å². The molecule has 0 saturated heterocycles. The standard InChI is InChI=1S/C20H19N5O2/c1-12-17(14(3)27-24-12)11-18(26)22-16-7-4-6-15(10-16)19-13(2)25-9-5-8-21-20(25)23-19/h4-10H,11H2,1-3H3,(H,22,26). The largest absolute Gasteiger partial charge is 0.361 e. The molecule has 1 amide bonds. The number of fused-ring (bicyclic) bond motifs is 1. The number of amides is 1. The number of hydrogen-bond donors (Lipinski definition) is 1. The fourth-order valence-corrected chi connectivity index (χ4v) is 3.14. The van der Waals surface area contributed by atoms with Crippen molar-refractivity contribution in [2.24, 2.45) is 0 Å². The number of carbonyl (C=O) groups is 1. The lowest BCUT2D eigenvalue weighted by atomic mass is 10.1. The Morgan fingerprint density at radius 3 is 2.81 bits per heavy atom. The van der Waals surface area contributed by atoms with Crippen LogP contribution < -0.4 is 5.32 Å². The Kier molecular flexibility index (Phi) is 4.19. The Hall–Kier alpha value is -3.48. The van der Waals surface area contributed by atoms with Crippen molar-refractivity contribution < 1.29 is 9.32 Å². The van der Waals surface area contributed by atoms with Crippen LogP contribution >= 0.6 is 0 Å². The fourth-order valence-electron chi connectivity index (χ4n) is 3.14. The molecular formula is C20H19N5O2. The van der Waals surface area contributed by atoms with Crippen molar-refractivity contribution in [3.8, 4) is 11.3 Å². The molecule has 7 heteroatoms. The van der Waals surface area contributed by atoms with Gasteiger partial charge < -0.3 is 9.84 Å². The summed E-state index contributed by atoms with van der Waals surface area (Å²) >= 11 is 0. The van der Waals surface area contributed by atoms with Crippen molar-refractivity contribution in [1.29, 1.82) is 0 Å². The molecule has 0 fully saturated rings. The summed E-state index contributed by atoms with van der Waals surface area (Å²) in [7, 11) is 0. The number of nitrogens with one attached hydrogen (secondary N) is 1. The highest BCUT2D eigenvalue weighted by Crippen LogP contribution is 2.25. The highest BCUT2D eigenvalue weighted by molar-refractivity contribution is 5.93. The molecule has 0 saturated carbocycles. The summed E-state index contributed by atoms with van der Waals surface area (Å²) in [5.41, 5.74) is 5.05. The molecule has 0 aliphatic rings. The van der Waals surface area contributed by atoms with E-state index in [1.807, 2.05) is 61.7 Å². The van der Waals surface area contributed by atoms with Gasteiger partial charge in [0.15, 0.2) is 0 Å². The van der Waals surface area contributed by atoms with Crippen molar-refractivity contribution in [3.05, 3.63) is 65.4 Å². The maximum atomic E-state index is 12.4. The smallest absolute Gasteiger partial charge is 0.234 e.